The lowest BCUT2D eigenvalue weighted by Gasteiger charge is -2.44. The number of methoxy groups -OCH3 is 1. The molecule has 92 valence electrons. The third-order valence-corrected chi connectivity index (χ3v) is 4.09. The first kappa shape index (κ1) is 10.9. The summed E-state index contributed by atoms with van der Waals surface area (Å²) in [5, 5.41) is 0. The molecule has 2 unspecified atom stereocenters. The number of hydrogen-bond acceptors (Lipinski definition) is 3. The van der Waals surface area contributed by atoms with Gasteiger partial charge in [0.1, 0.15) is 5.75 Å². The summed E-state index contributed by atoms with van der Waals surface area (Å²) in [4.78, 5) is 2.51. The molecule has 0 amide bonds. The highest BCUT2D eigenvalue weighted by molar-refractivity contribution is 5.66. The summed E-state index contributed by atoms with van der Waals surface area (Å²) in [6, 6.07) is 7.38. The number of hydrogen-bond donors (Lipinski definition) is 1. The Morgan fingerprint density at radius 2 is 2.24 bits per heavy atom. The second-order valence-electron chi connectivity index (χ2n) is 5.14. The monoisotopic (exact) mass is 232 g/mol. The normalized spacial score (nSPS) is 27.3. The molecule has 0 spiro atoms. The van der Waals surface area contributed by atoms with Gasteiger partial charge in [-0.3, -0.25) is 0 Å². The second kappa shape index (κ2) is 4.22. The van der Waals surface area contributed by atoms with E-state index in [0.29, 0.717) is 12.1 Å². The van der Waals surface area contributed by atoms with Crippen molar-refractivity contribution in [1.29, 1.82) is 0 Å². The van der Waals surface area contributed by atoms with Gasteiger partial charge in [0.15, 0.2) is 0 Å². The van der Waals surface area contributed by atoms with Crippen LogP contribution in [0, 0.1) is 0 Å². The Morgan fingerprint density at radius 1 is 1.35 bits per heavy atom. The number of para-hydroxylation sites is 1. The van der Waals surface area contributed by atoms with Crippen LogP contribution in [0.1, 0.15) is 24.8 Å². The van der Waals surface area contributed by atoms with E-state index in [4.69, 9.17) is 10.5 Å². The van der Waals surface area contributed by atoms with Gasteiger partial charge in [0, 0.05) is 18.6 Å². The number of rotatable bonds is 1. The average Bonchev–Trinajstić information content (AvgIpc) is 2.37. The molecule has 2 N–H and O–H groups in total. The van der Waals surface area contributed by atoms with Crippen LogP contribution in [-0.2, 0) is 6.42 Å². The summed E-state index contributed by atoms with van der Waals surface area (Å²) in [6.07, 6.45) is 4.60. The van der Waals surface area contributed by atoms with Crippen molar-refractivity contribution in [3.05, 3.63) is 23.8 Å². The summed E-state index contributed by atoms with van der Waals surface area (Å²) in [5.41, 5.74) is 8.82. The Bertz CT molecular complexity index is 404. The fourth-order valence-electron chi connectivity index (χ4n) is 3.23. The lowest BCUT2D eigenvalue weighted by atomic mass is 9.87. The molecule has 17 heavy (non-hydrogen) atoms. The summed E-state index contributed by atoms with van der Waals surface area (Å²) in [6.45, 7) is 1.07. The van der Waals surface area contributed by atoms with Crippen LogP contribution in [0.15, 0.2) is 18.2 Å². The highest BCUT2D eigenvalue weighted by atomic mass is 16.5. The van der Waals surface area contributed by atoms with E-state index < -0.39 is 0 Å². The van der Waals surface area contributed by atoms with E-state index in [1.807, 2.05) is 0 Å². The highest BCUT2D eigenvalue weighted by Crippen LogP contribution is 2.41. The predicted molar refractivity (Wildman–Crippen MR) is 69.7 cm³/mol. The predicted octanol–water partition coefficient (Wildman–Crippen LogP) is 1.94. The van der Waals surface area contributed by atoms with Crippen molar-refractivity contribution in [3.8, 4) is 5.75 Å². The summed E-state index contributed by atoms with van der Waals surface area (Å²) < 4.78 is 5.52. The van der Waals surface area contributed by atoms with Crippen LogP contribution in [0.4, 0.5) is 5.69 Å². The summed E-state index contributed by atoms with van der Waals surface area (Å²) >= 11 is 0. The van der Waals surface area contributed by atoms with E-state index in [0.717, 1.165) is 31.6 Å². The molecule has 1 fully saturated rings. The van der Waals surface area contributed by atoms with Crippen molar-refractivity contribution < 1.29 is 4.74 Å². The van der Waals surface area contributed by atoms with E-state index in [-0.39, 0.29) is 0 Å². The Hall–Kier alpha value is -1.22. The molecule has 2 aliphatic rings. The molecule has 0 bridgehead atoms. The molecule has 1 saturated heterocycles. The van der Waals surface area contributed by atoms with Gasteiger partial charge in [-0.2, -0.15) is 0 Å². The number of fused-ring (bicyclic) bond motifs is 3. The molecule has 2 atom stereocenters. The van der Waals surface area contributed by atoms with Crippen molar-refractivity contribution in [2.45, 2.75) is 37.8 Å². The Labute approximate surface area is 103 Å². The standard InChI is InChI=1S/C14H20N2O/c1-17-13-4-2-3-10-5-6-12-9-11(15)7-8-16(12)14(10)13/h2-4,11-12H,5-9,15H2,1H3. The maximum absolute atomic E-state index is 6.07. The fraction of sp³-hybridized carbons (Fsp3) is 0.571. The largest absolute Gasteiger partial charge is 0.495 e. The van der Waals surface area contributed by atoms with Gasteiger partial charge in [0.2, 0.25) is 0 Å². The van der Waals surface area contributed by atoms with Gasteiger partial charge in [-0.25, -0.2) is 0 Å². The van der Waals surface area contributed by atoms with Crippen LogP contribution in [0.5, 0.6) is 5.75 Å². The van der Waals surface area contributed by atoms with Crippen molar-refractivity contribution in [2.24, 2.45) is 5.73 Å². The number of aryl methyl sites for hydroxylation is 1. The Morgan fingerprint density at radius 3 is 3.06 bits per heavy atom. The van der Waals surface area contributed by atoms with Crippen LogP contribution in [0.3, 0.4) is 0 Å². The maximum Gasteiger partial charge on any atom is 0.142 e. The summed E-state index contributed by atoms with van der Waals surface area (Å²) in [7, 11) is 1.76. The molecule has 3 rings (SSSR count). The van der Waals surface area contributed by atoms with E-state index in [9.17, 15) is 0 Å². The minimum Gasteiger partial charge on any atom is -0.495 e. The van der Waals surface area contributed by atoms with Crippen molar-refractivity contribution in [3.63, 3.8) is 0 Å². The highest BCUT2D eigenvalue weighted by Gasteiger charge is 2.32. The summed E-state index contributed by atoms with van der Waals surface area (Å²) in [5.74, 6) is 1.02. The number of ether oxygens (including phenoxy) is 1. The zero-order valence-electron chi connectivity index (χ0n) is 10.4. The van der Waals surface area contributed by atoms with Crippen LogP contribution in [0.25, 0.3) is 0 Å². The maximum atomic E-state index is 6.07. The first-order chi connectivity index (χ1) is 8.29. The quantitative estimate of drug-likeness (QED) is 0.804. The van der Waals surface area contributed by atoms with E-state index >= 15 is 0 Å². The number of nitrogens with zero attached hydrogens (tertiary/aromatic N) is 1. The molecule has 2 aliphatic heterocycles. The molecule has 0 saturated carbocycles. The van der Waals surface area contributed by atoms with Gasteiger partial charge >= 0.3 is 0 Å². The molecule has 0 aromatic heterocycles. The second-order valence-corrected chi connectivity index (χ2v) is 5.14. The van der Waals surface area contributed by atoms with Crippen LogP contribution < -0.4 is 15.4 Å². The third kappa shape index (κ3) is 1.78. The van der Waals surface area contributed by atoms with E-state index in [1.54, 1.807) is 7.11 Å². The number of piperidine rings is 1. The Kier molecular flexibility index (Phi) is 2.71. The van der Waals surface area contributed by atoms with Gasteiger partial charge in [-0.05, 0) is 37.3 Å². The van der Waals surface area contributed by atoms with Crippen LogP contribution in [-0.4, -0.2) is 25.7 Å². The zero-order chi connectivity index (χ0) is 11.8. The fourth-order valence-corrected chi connectivity index (χ4v) is 3.23. The Balaban J connectivity index is 2.00. The molecule has 1 aromatic rings. The molecule has 3 nitrogen and oxygen atoms in total. The molecule has 2 heterocycles. The average molecular weight is 232 g/mol. The molecular formula is C14H20N2O. The first-order valence-electron chi connectivity index (χ1n) is 6.47. The molecule has 0 aliphatic carbocycles. The van der Waals surface area contributed by atoms with E-state index in [2.05, 4.69) is 23.1 Å². The van der Waals surface area contributed by atoms with Gasteiger partial charge < -0.3 is 15.4 Å². The molecular weight excluding hydrogens is 212 g/mol. The van der Waals surface area contributed by atoms with Gasteiger partial charge in [0.25, 0.3) is 0 Å². The van der Waals surface area contributed by atoms with Crippen molar-refractivity contribution >= 4 is 5.69 Å². The van der Waals surface area contributed by atoms with Gasteiger partial charge in [-0.15, -0.1) is 0 Å². The minimum atomic E-state index is 0.382. The van der Waals surface area contributed by atoms with Gasteiger partial charge in [-0.1, -0.05) is 12.1 Å². The zero-order valence-corrected chi connectivity index (χ0v) is 10.4. The first-order valence-corrected chi connectivity index (χ1v) is 6.47. The van der Waals surface area contributed by atoms with Crippen LogP contribution in [0.2, 0.25) is 0 Å². The topological polar surface area (TPSA) is 38.5 Å². The molecule has 0 radical (unpaired) electrons. The van der Waals surface area contributed by atoms with Crippen LogP contribution >= 0.6 is 0 Å². The number of benzene rings is 1. The third-order valence-electron chi connectivity index (χ3n) is 4.09. The lowest BCUT2D eigenvalue weighted by Crippen LogP contribution is -2.49. The number of nitrogens with two attached hydrogens (primary N) is 1. The lowest BCUT2D eigenvalue weighted by molar-refractivity contribution is 0.369. The smallest absolute Gasteiger partial charge is 0.142 e. The van der Waals surface area contributed by atoms with E-state index in [1.165, 1.54) is 17.7 Å². The SMILES string of the molecule is COc1cccc2c1N1CCC(N)CC1CC2. The molecule has 3 heteroatoms. The van der Waals surface area contributed by atoms with Crippen molar-refractivity contribution in [1.82, 2.24) is 0 Å². The number of anilines is 1. The van der Waals surface area contributed by atoms with Gasteiger partial charge in [0.05, 0.1) is 12.8 Å². The van der Waals surface area contributed by atoms with Crippen molar-refractivity contribution in [2.75, 3.05) is 18.6 Å². The molecule has 1 aromatic carbocycles. The minimum absolute atomic E-state index is 0.382.